The Balaban J connectivity index is 2.10. The lowest BCUT2D eigenvalue weighted by Gasteiger charge is -2.08. The maximum absolute atomic E-state index is 12.9. The largest absolute Gasteiger partial charge is 0.290 e. The molecule has 0 aliphatic rings. The normalized spacial score (nSPS) is 11.3. The summed E-state index contributed by atoms with van der Waals surface area (Å²) in [5, 5.41) is 3.59. The molecule has 0 N–H and O–H groups in total. The number of thioether (sulfide) groups is 2. The second-order valence-electron chi connectivity index (χ2n) is 5.73. The zero-order valence-electron chi connectivity index (χ0n) is 14.3. The first kappa shape index (κ1) is 17.6. The molecule has 2 aromatic heterocycles. The predicted molar refractivity (Wildman–Crippen MR) is 109 cm³/mol. The Bertz CT molecular complexity index is 943. The summed E-state index contributed by atoms with van der Waals surface area (Å²) < 4.78 is 1.69. The topological polar surface area (TPSA) is 34.9 Å². The van der Waals surface area contributed by atoms with Crippen LogP contribution in [0, 0.1) is 13.8 Å². The summed E-state index contributed by atoms with van der Waals surface area (Å²) >= 11 is 5.00. The van der Waals surface area contributed by atoms with Crippen molar-refractivity contribution in [1.29, 1.82) is 0 Å². The first-order valence-electron chi connectivity index (χ1n) is 7.70. The van der Waals surface area contributed by atoms with Gasteiger partial charge in [-0.2, -0.15) is 11.8 Å². The second kappa shape index (κ2) is 7.33. The third-order valence-electron chi connectivity index (χ3n) is 4.11. The van der Waals surface area contributed by atoms with Crippen molar-refractivity contribution in [2.75, 3.05) is 17.8 Å². The average Bonchev–Trinajstić information content (AvgIpc) is 2.99. The summed E-state index contributed by atoms with van der Waals surface area (Å²) in [6, 6.07) is 6.35. The Morgan fingerprint density at radius 1 is 1.21 bits per heavy atom. The van der Waals surface area contributed by atoms with Gasteiger partial charge in [0.05, 0.1) is 5.39 Å². The van der Waals surface area contributed by atoms with E-state index in [9.17, 15) is 4.79 Å². The van der Waals surface area contributed by atoms with Crippen LogP contribution in [0.1, 0.15) is 11.1 Å². The third-order valence-corrected chi connectivity index (χ3v) is 6.89. The molecule has 0 radical (unpaired) electrons. The van der Waals surface area contributed by atoms with Crippen molar-refractivity contribution in [3.05, 3.63) is 45.1 Å². The molecule has 0 fully saturated rings. The molecule has 0 saturated carbocycles. The van der Waals surface area contributed by atoms with Crippen LogP contribution in [0.5, 0.6) is 0 Å². The molecule has 24 heavy (non-hydrogen) atoms. The zero-order valence-corrected chi connectivity index (χ0v) is 16.7. The van der Waals surface area contributed by atoms with Gasteiger partial charge in [-0.1, -0.05) is 30.0 Å². The van der Waals surface area contributed by atoms with E-state index in [-0.39, 0.29) is 5.56 Å². The van der Waals surface area contributed by atoms with Crippen molar-refractivity contribution in [2.45, 2.75) is 19.0 Å². The SMILES string of the molecule is CSCCSc1nc2scc(-c3ccc(C)c(C)c3)c2c(=O)n1C. The summed E-state index contributed by atoms with van der Waals surface area (Å²) in [4.78, 5) is 18.5. The van der Waals surface area contributed by atoms with Crippen molar-refractivity contribution < 1.29 is 0 Å². The molecule has 6 heteroatoms. The van der Waals surface area contributed by atoms with Gasteiger partial charge in [-0.3, -0.25) is 9.36 Å². The van der Waals surface area contributed by atoms with Gasteiger partial charge in [0.2, 0.25) is 0 Å². The minimum Gasteiger partial charge on any atom is -0.290 e. The van der Waals surface area contributed by atoms with E-state index in [0.717, 1.165) is 38.0 Å². The summed E-state index contributed by atoms with van der Waals surface area (Å²) in [5.74, 6) is 2.01. The van der Waals surface area contributed by atoms with Crippen molar-refractivity contribution >= 4 is 45.1 Å². The van der Waals surface area contributed by atoms with Gasteiger partial charge in [-0.05, 0) is 36.8 Å². The van der Waals surface area contributed by atoms with Crippen molar-refractivity contribution in [3.63, 3.8) is 0 Å². The van der Waals surface area contributed by atoms with Crippen LogP contribution < -0.4 is 5.56 Å². The third kappa shape index (κ3) is 3.27. The molecule has 126 valence electrons. The highest BCUT2D eigenvalue weighted by molar-refractivity contribution is 8.02. The van der Waals surface area contributed by atoms with Crippen LogP contribution in [0.3, 0.4) is 0 Å². The van der Waals surface area contributed by atoms with E-state index >= 15 is 0 Å². The number of rotatable bonds is 5. The van der Waals surface area contributed by atoms with Gasteiger partial charge in [-0.15, -0.1) is 11.3 Å². The van der Waals surface area contributed by atoms with E-state index in [0.29, 0.717) is 0 Å². The number of nitrogens with zero attached hydrogens (tertiary/aromatic N) is 2. The Hall–Kier alpha value is -1.24. The Kier molecular flexibility index (Phi) is 5.37. The van der Waals surface area contributed by atoms with Crippen LogP contribution >= 0.6 is 34.9 Å². The number of benzene rings is 1. The molecule has 0 bridgehead atoms. The van der Waals surface area contributed by atoms with Gasteiger partial charge in [0.25, 0.3) is 5.56 Å². The molecule has 0 saturated heterocycles. The lowest BCUT2D eigenvalue weighted by Crippen LogP contribution is -2.19. The maximum Gasteiger partial charge on any atom is 0.263 e. The Labute approximate surface area is 154 Å². The molecule has 0 aliphatic heterocycles. The molecule has 0 spiro atoms. The standard InChI is InChI=1S/C18H20N2OS3/c1-11-5-6-13(9-12(11)2)14-10-24-16-15(14)17(21)20(3)18(19-16)23-8-7-22-4/h5-6,9-10H,7-8H2,1-4H3. The minimum absolute atomic E-state index is 0.0427. The van der Waals surface area contributed by atoms with E-state index < -0.39 is 0 Å². The van der Waals surface area contributed by atoms with Gasteiger partial charge in [-0.25, -0.2) is 4.98 Å². The summed E-state index contributed by atoms with van der Waals surface area (Å²) in [7, 11) is 1.82. The predicted octanol–water partition coefficient (Wildman–Crippen LogP) is 4.73. The van der Waals surface area contributed by atoms with Crippen molar-refractivity contribution in [1.82, 2.24) is 9.55 Å². The Morgan fingerprint density at radius 2 is 2.00 bits per heavy atom. The van der Waals surface area contributed by atoms with Gasteiger partial charge in [0.1, 0.15) is 4.83 Å². The van der Waals surface area contributed by atoms with Gasteiger partial charge in [0.15, 0.2) is 5.16 Å². The molecule has 1 aromatic carbocycles. The lowest BCUT2D eigenvalue weighted by molar-refractivity contribution is 0.728. The van der Waals surface area contributed by atoms with Gasteiger partial charge >= 0.3 is 0 Å². The quantitative estimate of drug-likeness (QED) is 0.366. The smallest absolute Gasteiger partial charge is 0.263 e. The molecule has 0 aliphatic carbocycles. The minimum atomic E-state index is 0.0427. The van der Waals surface area contributed by atoms with Crippen molar-refractivity contribution in [2.24, 2.45) is 7.05 Å². The average molecular weight is 377 g/mol. The second-order valence-corrected chi connectivity index (χ2v) is 8.63. The van der Waals surface area contributed by atoms with Crippen molar-refractivity contribution in [3.8, 4) is 11.1 Å². The van der Waals surface area contributed by atoms with E-state index in [4.69, 9.17) is 4.98 Å². The highest BCUT2D eigenvalue weighted by Gasteiger charge is 2.16. The van der Waals surface area contributed by atoms with Crippen LogP contribution in [0.15, 0.2) is 33.5 Å². The van der Waals surface area contributed by atoms with Crippen LogP contribution in [-0.4, -0.2) is 27.3 Å². The monoisotopic (exact) mass is 376 g/mol. The number of thiophene rings is 1. The molecule has 0 amide bonds. The van der Waals surface area contributed by atoms with E-state index in [1.54, 1.807) is 39.4 Å². The molecule has 3 rings (SSSR count). The number of hydrogen-bond acceptors (Lipinski definition) is 5. The maximum atomic E-state index is 12.9. The van der Waals surface area contributed by atoms with E-state index in [1.165, 1.54) is 11.1 Å². The van der Waals surface area contributed by atoms with Crippen LogP contribution in [0.2, 0.25) is 0 Å². The molecule has 3 aromatic rings. The molecule has 3 nitrogen and oxygen atoms in total. The first-order valence-corrected chi connectivity index (χ1v) is 11.0. The molecular weight excluding hydrogens is 356 g/mol. The van der Waals surface area contributed by atoms with E-state index in [2.05, 4.69) is 43.7 Å². The van der Waals surface area contributed by atoms with Crippen LogP contribution in [-0.2, 0) is 7.05 Å². The van der Waals surface area contributed by atoms with Crippen LogP contribution in [0.4, 0.5) is 0 Å². The molecule has 0 atom stereocenters. The first-order chi connectivity index (χ1) is 11.5. The number of fused-ring (bicyclic) bond motifs is 1. The molecule has 2 heterocycles. The van der Waals surface area contributed by atoms with E-state index in [1.807, 2.05) is 7.05 Å². The number of aryl methyl sites for hydroxylation is 2. The summed E-state index contributed by atoms with van der Waals surface area (Å²) in [6.07, 6.45) is 2.09. The fraction of sp³-hybridized carbons (Fsp3) is 0.333. The fourth-order valence-electron chi connectivity index (χ4n) is 2.52. The fourth-order valence-corrected chi connectivity index (χ4v) is 5.13. The highest BCUT2D eigenvalue weighted by atomic mass is 32.2. The summed E-state index contributed by atoms with van der Waals surface area (Å²) in [5.41, 5.74) is 4.62. The van der Waals surface area contributed by atoms with Crippen LogP contribution in [0.25, 0.3) is 21.3 Å². The molecular formula is C18H20N2OS3. The van der Waals surface area contributed by atoms with Gasteiger partial charge < -0.3 is 0 Å². The molecule has 0 unspecified atom stereocenters. The lowest BCUT2D eigenvalue weighted by atomic mass is 10.0. The number of hydrogen-bond donors (Lipinski definition) is 0. The Morgan fingerprint density at radius 3 is 2.71 bits per heavy atom. The summed E-state index contributed by atoms with van der Waals surface area (Å²) in [6.45, 7) is 4.20. The zero-order chi connectivity index (χ0) is 17.3. The highest BCUT2D eigenvalue weighted by Crippen LogP contribution is 2.32. The number of aromatic nitrogens is 2. The van der Waals surface area contributed by atoms with Gasteiger partial charge in [0, 0.05) is 29.5 Å².